The summed E-state index contributed by atoms with van der Waals surface area (Å²) in [5, 5.41) is 12.4. The number of hydrogen-bond donors (Lipinski definition) is 2. The monoisotopic (exact) mass is 359 g/mol. The lowest BCUT2D eigenvalue weighted by Gasteiger charge is -2.14. The van der Waals surface area contributed by atoms with Crippen LogP contribution in [0.2, 0.25) is 0 Å². The molecule has 0 aliphatic heterocycles. The van der Waals surface area contributed by atoms with Gasteiger partial charge >= 0.3 is 12.1 Å². The number of aromatic nitrogens is 2. The minimum absolute atomic E-state index is 0.0495. The van der Waals surface area contributed by atoms with Crippen LogP contribution in [0.5, 0.6) is 0 Å². The minimum Gasteiger partial charge on any atom is -0.477 e. The maximum atomic E-state index is 12.6. The van der Waals surface area contributed by atoms with E-state index in [0.717, 1.165) is 22.8 Å². The van der Waals surface area contributed by atoms with Crippen molar-refractivity contribution in [1.82, 2.24) is 15.3 Å². The molecule has 0 bridgehead atoms. The predicted molar refractivity (Wildman–Crippen MR) is 78.8 cm³/mol. The number of carbonyl (C=O) groups is 2. The molecule has 2 aromatic rings. The van der Waals surface area contributed by atoms with E-state index in [4.69, 9.17) is 5.11 Å². The second-order valence-corrected chi connectivity index (χ2v) is 5.63. The number of halogens is 3. The molecule has 6 nitrogen and oxygen atoms in total. The van der Waals surface area contributed by atoms with Crippen molar-refractivity contribution in [3.63, 3.8) is 0 Å². The van der Waals surface area contributed by atoms with Gasteiger partial charge in [0.2, 0.25) is 0 Å². The highest BCUT2D eigenvalue weighted by molar-refractivity contribution is 7.09. The first kappa shape index (κ1) is 17.9. The van der Waals surface area contributed by atoms with Gasteiger partial charge in [-0.15, -0.1) is 11.3 Å². The first-order valence-corrected chi connectivity index (χ1v) is 7.63. The number of nitrogens with one attached hydrogen (secondary N) is 1. The Labute approximate surface area is 138 Å². The molecular weight excluding hydrogens is 347 g/mol. The number of amides is 1. The molecule has 128 valence electrons. The maximum Gasteiger partial charge on any atom is 0.434 e. The molecule has 0 aliphatic carbocycles. The topological polar surface area (TPSA) is 92.2 Å². The number of pyridine rings is 1. The van der Waals surface area contributed by atoms with Crippen LogP contribution in [-0.4, -0.2) is 27.0 Å². The lowest BCUT2D eigenvalue weighted by molar-refractivity contribution is -0.140. The van der Waals surface area contributed by atoms with Gasteiger partial charge < -0.3 is 10.4 Å². The van der Waals surface area contributed by atoms with Crippen LogP contribution in [0.25, 0.3) is 0 Å². The van der Waals surface area contributed by atoms with Crippen LogP contribution in [0.15, 0.2) is 23.7 Å². The van der Waals surface area contributed by atoms with Gasteiger partial charge in [0, 0.05) is 17.1 Å². The van der Waals surface area contributed by atoms with Crippen molar-refractivity contribution < 1.29 is 27.9 Å². The van der Waals surface area contributed by atoms with E-state index < -0.39 is 29.8 Å². The molecule has 2 heterocycles. The fourth-order valence-corrected chi connectivity index (χ4v) is 2.81. The zero-order chi connectivity index (χ0) is 17.9. The smallest absolute Gasteiger partial charge is 0.434 e. The SMILES string of the molecule is CCC(NC(=O)c1ccnc(C(=O)O)c1)c1nc(C(F)(F)F)cs1. The zero-order valence-electron chi connectivity index (χ0n) is 12.3. The van der Waals surface area contributed by atoms with Crippen molar-refractivity contribution in [2.75, 3.05) is 0 Å². The minimum atomic E-state index is -4.54. The van der Waals surface area contributed by atoms with E-state index in [0.29, 0.717) is 6.42 Å². The molecule has 0 radical (unpaired) electrons. The highest BCUT2D eigenvalue weighted by atomic mass is 32.1. The van der Waals surface area contributed by atoms with Gasteiger partial charge in [-0.1, -0.05) is 6.92 Å². The van der Waals surface area contributed by atoms with Crippen LogP contribution < -0.4 is 5.32 Å². The summed E-state index contributed by atoms with van der Waals surface area (Å²) in [4.78, 5) is 30.2. The summed E-state index contributed by atoms with van der Waals surface area (Å²) in [6.45, 7) is 1.69. The predicted octanol–water partition coefficient (Wildman–Crippen LogP) is 3.14. The van der Waals surface area contributed by atoms with E-state index in [1.165, 1.54) is 12.3 Å². The van der Waals surface area contributed by atoms with Gasteiger partial charge in [0.05, 0.1) is 6.04 Å². The number of thiazole rings is 1. The van der Waals surface area contributed by atoms with Crippen LogP contribution in [-0.2, 0) is 6.18 Å². The molecule has 2 rings (SSSR count). The molecule has 1 atom stereocenters. The van der Waals surface area contributed by atoms with Crippen molar-refractivity contribution in [3.05, 3.63) is 45.7 Å². The number of hydrogen-bond acceptors (Lipinski definition) is 5. The Morgan fingerprint density at radius 1 is 1.42 bits per heavy atom. The van der Waals surface area contributed by atoms with E-state index in [9.17, 15) is 22.8 Å². The largest absolute Gasteiger partial charge is 0.477 e. The average molecular weight is 359 g/mol. The molecule has 2 N–H and O–H groups in total. The standard InChI is InChI=1S/C14H12F3N3O3S/c1-2-8(12-20-10(6-24-12)14(15,16)17)19-11(21)7-3-4-18-9(5-7)13(22)23/h3-6,8H,2H2,1H3,(H,19,21)(H,22,23). The van der Waals surface area contributed by atoms with Crippen molar-refractivity contribution >= 4 is 23.2 Å². The van der Waals surface area contributed by atoms with Crippen molar-refractivity contribution in [3.8, 4) is 0 Å². The number of carboxylic acids is 1. The molecule has 0 aliphatic rings. The van der Waals surface area contributed by atoms with Gasteiger partial charge in [0.1, 0.15) is 10.7 Å². The first-order valence-electron chi connectivity index (χ1n) is 6.75. The van der Waals surface area contributed by atoms with E-state index in [-0.39, 0.29) is 16.3 Å². The maximum absolute atomic E-state index is 12.6. The Bertz CT molecular complexity index is 761. The molecule has 1 unspecified atom stereocenters. The summed E-state index contributed by atoms with van der Waals surface area (Å²) >= 11 is 0.802. The van der Waals surface area contributed by atoms with Crippen molar-refractivity contribution in [2.24, 2.45) is 0 Å². The van der Waals surface area contributed by atoms with E-state index >= 15 is 0 Å². The second-order valence-electron chi connectivity index (χ2n) is 4.74. The molecule has 0 saturated heterocycles. The van der Waals surface area contributed by atoms with Crippen LogP contribution in [0.1, 0.15) is 50.9 Å². The first-order chi connectivity index (χ1) is 11.2. The number of carbonyl (C=O) groups excluding carboxylic acids is 1. The molecule has 0 fully saturated rings. The zero-order valence-corrected chi connectivity index (χ0v) is 13.1. The Balaban J connectivity index is 2.18. The third-order valence-electron chi connectivity index (χ3n) is 3.07. The number of nitrogens with zero attached hydrogens (tertiary/aromatic N) is 2. The summed E-state index contributed by atoms with van der Waals surface area (Å²) in [7, 11) is 0. The molecule has 10 heteroatoms. The van der Waals surface area contributed by atoms with E-state index in [1.54, 1.807) is 6.92 Å². The number of rotatable bonds is 5. The molecule has 24 heavy (non-hydrogen) atoms. The van der Waals surface area contributed by atoms with Gasteiger partial charge in [-0.25, -0.2) is 14.8 Å². The summed E-state index contributed by atoms with van der Waals surface area (Å²) in [5.41, 5.74) is -1.26. The normalized spacial score (nSPS) is 12.7. The highest BCUT2D eigenvalue weighted by Crippen LogP contribution is 2.32. The Hall–Kier alpha value is -2.49. The van der Waals surface area contributed by atoms with Gasteiger partial charge in [0.25, 0.3) is 5.91 Å². The average Bonchev–Trinajstić information content (AvgIpc) is 3.02. The Morgan fingerprint density at radius 3 is 2.67 bits per heavy atom. The number of aromatic carboxylic acids is 1. The van der Waals surface area contributed by atoms with Gasteiger partial charge in [-0.05, 0) is 18.6 Å². The molecule has 1 amide bonds. The van der Waals surface area contributed by atoms with Crippen LogP contribution in [0, 0.1) is 0 Å². The third-order valence-corrected chi connectivity index (χ3v) is 4.02. The van der Waals surface area contributed by atoms with Crippen LogP contribution in [0.4, 0.5) is 13.2 Å². The molecule has 2 aromatic heterocycles. The summed E-state index contributed by atoms with van der Waals surface area (Å²) < 4.78 is 37.8. The Kier molecular flexibility index (Phi) is 5.17. The molecule has 0 saturated carbocycles. The van der Waals surface area contributed by atoms with E-state index in [1.807, 2.05) is 0 Å². The number of carboxylic acid groups (broad SMARTS) is 1. The highest BCUT2D eigenvalue weighted by Gasteiger charge is 2.34. The van der Waals surface area contributed by atoms with Gasteiger partial charge in [-0.2, -0.15) is 13.2 Å². The van der Waals surface area contributed by atoms with Gasteiger partial charge in [0.15, 0.2) is 5.69 Å². The summed E-state index contributed by atoms with van der Waals surface area (Å²) in [5.74, 6) is -1.90. The fraction of sp³-hybridized carbons (Fsp3) is 0.286. The van der Waals surface area contributed by atoms with Crippen molar-refractivity contribution in [2.45, 2.75) is 25.6 Å². The van der Waals surface area contributed by atoms with Crippen LogP contribution in [0.3, 0.4) is 0 Å². The van der Waals surface area contributed by atoms with Gasteiger partial charge in [-0.3, -0.25) is 4.79 Å². The molecular formula is C14H12F3N3O3S. The number of alkyl halides is 3. The fourth-order valence-electron chi connectivity index (χ4n) is 1.85. The summed E-state index contributed by atoms with van der Waals surface area (Å²) in [6.07, 6.45) is -3.05. The van der Waals surface area contributed by atoms with E-state index in [2.05, 4.69) is 15.3 Å². The van der Waals surface area contributed by atoms with Crippen LogP contribution >= 0.6 is 11.3 Å². The third kappa shape index (κ3) is 4.07. The molecule has 0 spiro atoms. The lowest BCUT2D eigenvalue weighted by Crippen LogP contribution is -2.28. The second kappa shape index (κ2) is 6.95. The van der Waals surface area contributed by atoms with Crippen molar-refractivity contribution in [1.29, 1.82) is 0 Å². The quantitative estimate of drug-likeness (QED) is 0.856. The molecule has 0 aromatic carbocycles. The Morgan fingerprint density at radius 2 is 2.12 bits per heavy atom. The summed E-state index contributed by atoms with van der Waals surface area (Å²) in [6, 6.07) is 1.70. The lowest BCUT2D eigenvalue weighted by atomic mass is 10.1.